The third kappa shape index (κ3) is 5.02. The van der Waals surface area contributed by atoms with Gasteiger partial charge in [-0.2, -0.15) is 10.5 Å². The molecule has 0 radical (unpaired) electrons. The molecule has 0 aliphatic heterocycles. The quantitative estimate of drug-likeness (QED) is 0.194. The Kier molecular flexibility index (Phi) is 7.22. The highest BCUT2D eigenvalue weighted by Crippen LogP contribution is 2.36. The standard InChI is InChI=1S/C31H21N5O2S/c1-38-22-12-13-26-21(14-22)15-23(29(35-26)20-10-6-3-7-11-20)27(37)18-39-31-25(17-33)28(19-8-4-2-5-9-19)24(16-32)30(34)36-31/h2-15H,18H2,1H3,(H2,34,36). The van der Waals surface area contributed by atoms with E-state index in [1.807, 2.05) is 72.8 Å². The van der Waals surface area contributed by atoms with Gasteiger partial charge in [-0.25, -0.2) is 9.97 Å². The second-order valence-corrected chi connectivity index (χ2v) is 9.50. The topological polar surface area (TPSA) is 126 Å². The van der Waals surface area contributed by atoms with Crippen LogP contribution in [0.1, 0.15) is 21.5 Å². The van der Waals surface area contributed by atoms with Crippen molar-refractivity contribution >= 4 is 34.3 Å². The van der Waals surface area contributed by atoms with Crippen LogP contribution in [0, 0.1) is 22.7 Å². The molecule has 0 saturated heterocycles. The fraction of sp³-hybridized carbons (Fsp3) is 0.0645. The third-order valence-corrected chi connectivity index (χ3v) is 7.16. The first-order valence-corrected chi connectivity index (χ1v) is 12.9. The van der Waals surface area contributed by atoms with Crippen LogP contribution >= 0.6 is 11.8 Å². The summed E-state index contributed by atoms with van der Waals surface area (Å²) in [5.74, 6) is 0.465. The van der Waals surface area contributed by atoms with Crippen molar-refractivity contribution in [3.63, 3.8) is 0 Å². The summed E-state index contributed by atoms with van der Waals surface area (Å²) in [7, 11) is 1.59. The van der Waals surface area contributed by atoms with Crippen LogP contribution in [0.25, 0.3) is 33.3 Å². The number of aromatic nitrogens is 2. The molecule has 0 fully saturated rings. The summed E-state index contributed by atoms with van der Waals surface area (Å²) in [6, 6.07) is 30.2. The van der Waals surface area contributed by atoms with Gasteiger partial charge in [-0.1, -0.05) is 72.4 Å². The number of methoxy groups -OCH3 is 1. The molecule has 3 aromatic carbocycles. The van der Waals surface area contributed by atoms with Gasteiger partial charge in [-0.05, 0) is 29.8 Å². The summed E-state index contributed by atoms with van der Waals surface area (Å²) < 4.78 is 5.36. The van der Waals surface area contributed by atoms with E-state index in [4.69, 9.17) is 15.5 Å². The van der Waals surface area contributed by atoms with Crippen molar-refractivity contribution in [2.24, 2.45) is 0 Å². The average Bonchev–Trinajstić information content (AvgIpc) is 2.99. The fourth-order valence-corrected chi connectivity index (χ4v) is 5.20. The molecule has 0 spiro atoms. The Hall–Kier alpha value is -5.18. The first kappa shape index (κ1) is 25.5. The number of nitrogen functional groups attached to an aromatic ring is 1. The largest absolute Gasteiger partial charge is 0.497 e. The second kappa shape index (κ2) is 11.1. The summed E-state index contributed by atoms with van der Waals surface area (Å²) >= 11 is 1.11. The molecule has 0 saturated carbocycles. The number of nitriles is 2. The number of ether oxygens (including phenoxy) is 1. The number of fused-ring (bicyclic) bond motifs is 1. The van der Waals surface area contributed by atoms with E-state index in [0.29, 0.717) is 28.1 Å². The highest BCUT2D eigenvalue weighted by atomic mass is 32.2. The maximum absolute atomic E-state index is 13.7. The Balaban J connectivity index is 1.57. The van der Waals surface area contributed by atoms with Crippen molar-refractivity contribution in [1.82, 2.24) is 9.97 Å². The van der Waals surface area contributed by atoms with Gasteiger partial charge in [-0.3, -0.25) is 4.79 Å². The number of hydrogen-bond donors (Lipinski definition) is 1. The van der Waals surface area contributed by atoms with Crippen LogP contribution in [0.5, 0.6) is 5.75 Å². The van der Waals surface area contributed by atoms with E-state index in [1.54, 1.807) is 19.2 Å². The van der Waals surface area contributed by atoms with Gasteiger partial charge >= 0.3 is 0 Å². The Bertz CT molecular complexity index is 1790. The Morgan fingerprint density at radius 1 is 0.897 bits per heavy atom. The highest BCUT2D eigenvalue weighted by Gasteiger charge is 2.22. The minimum absolute atomic E-state index is 0.00902. The van der Waals surface area contributed by atoms with Crippen LogP contribution in [0.15, 0.2) is 90.0 Å². The predicted molar refractivity (Wildman–Crippen MR) is 152 cm³/mol. The molecular formula is C31H21N5O2S. The highest BCUT2D eigenvalue weighted by molar-refractivity contribution is 8.00. The number of carbonyl (C=O) groups excluding carboxylic acids is 1. The summed E-state index contributed by atoms with van der Waals surface area (Å²) in [4.78, 5) is 22.8. The van der Waals surface area contributed by atoms with E-state index in [9.17, 15) is 15.3 Å². The Morgan fingerprint density at radius 3 is 2.21 bits per heavy atom. The van der Waals surface area contributed by atoms with Crippen LogP contribution in [-0.4, -0.2) is 28.6 Å². The number of nitrogens with two attached hydrogens (primary N) is 1. The van der Waals surface area contributed by atoms with Crippen molar-refractivity contribution in [2.45, 2.75) is 5.03 Å². The normalized spacial score (nSPS) is 10.5. The number of hydrogen-bond acceptors (Lipinski definition) is 8. The zero-order valence-corrected chi connectivity index (χ0v) is 21.7. The van der Waals surface area contributed by atoms with Crippen LogP contribution in [0.4, 0.5) is 5.82 Å². The van der Waals surface area contributed by atoms with E-state index < -0.39 is 0 Å². The number of carbonyl (C=O) groups is 1. The lowest BCUT2D eigenvalue weighted by molar-refractivity contribution is 0.102. The molecule has 188 valence electrons. The first-order chi connectivity index (χ1) is 19.0. The molecule has 8 heteroatoms. The Labute approximate surface area is 229 Å². The number of Topliss-reactive ketones (excluding diaryl/α,β-unsaturated/α-hetero) is 1. The first-order valence-electron chi connectivity index (χ1n) is 11.9. The van der Waals surface area contributed by atoms with Crippen LogP contribution in [-0.2, 0) is 0 Å². The smallest absolute Gasteiger partial charge is 0.175 e. The van der Waals surface area contributed by atoms with Crippen molar-refractivity contribution < 1.29 is 9.53 Å². The van der Waals surface area contributed by atoms with Gasteiger partial charge in [0.25, 0.3) is 0 Å². The summed E-state index contributed by atoms with van der Waals surface area (Å²) in [6.07, 6.45) is 0. The van der Waals surface area contributed by atoms with E-state index in [-0.39, 0.29) is 33.5 Å². The van der Waals surface area contributed by atoms with Crippen molar-refractivity contribution in [2.75, 3.05) is 18.6 Å². The van der Waals surface area contributed by atoms with Gasteiger partial charge in [0.2, 0.25) is 0 Å². The van der Waals surface area contributed by atoms with Gasteiger partial charge in [0.1, 0.15) is 34.3 Å². The van der Waals surface area contributed by atoms with E-state index in [1.165, 1.54) is 0 Å². The minimum atomic E-state index is -0.189. The summed E-state index contributed by atoms with van der Waals surface area (Å²) in [5, 5.41) is 20.9. The van der Waals surface area contributed by atoms with E-state index in [0.717, 1.165) is 28.2 Å². The van der Waals surface area contributed by atoms with Crippen molar-refractivity contribution in [3.8, 4) is 40.3 Å². The van der Waals surface area contributed by atoms with Crippen LogP contribution < -0.4 is 10.5 Å². The maximum Gasteiger partial charge on any atom is 0.175 e. The number of anilines is 1. The third-order valence-electron chi connectivity index (χ3n) is 6.19. The molecule has 39 heavy (non-hydrogen) atoms. The number of benzene rings is 3. The van der Waals surface area contributed by atoms with Gasteiger partial charge in [0, 0.05) is 22.1 Å². The number of pyridine rings is 2. The lowest BCUT2D eigenvalue weighted by atomic mass is 9.97. The molecule has 7 nitrogen and oxygen atoms in total. The number of ketones is 1. The van der Waals surface area contributed by atoms with Crippen molar-refractivity contribution in [1.29, 1.82) is 10.5 Å². The summed E-state index contributed by atoms with van der Waals surface area (Å²) in [6.45, 7) is 0. The number of thioether (sulfide) groups is 1. The maximum atomic E-state index is 13.7. The SMILES string of the molecule is COc1ccc2nc(-c3ccccc3)c(C(=O)CSc3nc(N)c(C#N)c(-c4ccccc4)c3C#N)cc2c1. The van der Waals surface area contributed by atoms with E-state index in [2.05, 4.69) is 17.1 Å². The minimum Gasteiger partial charge on any atom is -0.497 e. The molecule has 2 heterocycles. The molecular weight excluding hydrogens is 506 g/mol. The molecule has 0 aliphatic carbocycles. The molecule has 0 unspecified atom stereocenters. The Morgan fingerprint density at radius 2 is 1.56 bits per heavy atom. The lowest BCUT2D eigenvalue weighted by Crippen LogP contribution is -2.08. The van der Waals surface area contributed by atoms with Gasteiger partial charge in [-0.15, -0.1) is 0 Å². The fourth-order valence-electron chi connectivity index (χ4n) is 4.32. The molecule has 0 bridgehead atoms. The van der Waals surface area contributed by atoms with E-state index >= 15 is 0 Å². The van der Waals surface area contributed by atoms with Crippen LogP contribution in [0.3, 0.4) is 0 Å². The zero-order valence-electron chi connectivity index (χ0n) is 20.9. The number of nitrogens with zero attached hydrogens (tertiary/aromatic N) is 4. The predicted octanol–water partition coefficient (Wildman–Crippen LogP) is 6.27. The zero-order chi connectivity index (χ0) is 27.4. The molecule has 0 aliphatic rings. The number of rotatable bonds is 7. The van der Waals surface area contributed by atoms with Gasteiger partial charge in [0.05, 0.1) is 29.6 Å². The van der Waals surface area contributed by atoms with Crippen molar-refractivity contribution in [3.05, 3.63) is 102 Å². The second-order valence-electron chi connectivity index (χ2n) is 8.54. The van der Waals surface area contributed by atoms with Crippen LogP contribution in [0.2, 0.25) is 0 Å². The molecule has 2 aromatic heterocycles. The average molecular weight is 528 g/mol. The summed E-state index contributed by atoms with van der Waals surface area (Å²) in [5.41, 5.74) is 10.1. The molecule has 0 atom stereocenters. The molecule has 5 rings (SSSR count). The monoisotopic (exact) mass is 527 g/mol. The van der Waals surface area contributed by atoms with Gasteiger partial charge < -0.3 is 10.5 Å². The molecule has 2 N–H and O–H groups in total. The lowest BCUT2D eigenvalue weighted by Gasteiger charge is -2.14. The van der Waals surface area contributed by atoms with Gasteiger partial charge in [0.15, 0.2) is 5.78 Å². The molecule has 5 aromatic rings. The molecule has 0 amide bonds.